The smallest absolute Gasteiger partial charge is 0.407 e. The molecule has 0 aliphatic heterocycles. The molecule has 28 heavy (non-hydrogen) atoms. The minimum Gasteiger partial charge on any atom is -0.465 e. The molecule has 0 saturated carbocycles. The lowest BCUT2D eigenvalue weighted by molar-refractivity contribution is 0.0603. The van der Waals surface area contributed by atoms with E-state index in [4.69, 9.17) is 9.47 Å². The summed E-state index contributed by atoms with van der Waals surface area (Å²) in [6.45, 7) is 0.684. The van der Waals surface area contributed by atoms with E-state index in [0.717, 1.165) is 16.6 Å². The SMILES string of the molecule is COC(=O)c1cc(C=CCCNC(=O)OCc2ccccc2)cc2[nH]ncc12. The number of aromatic amines is 1. The molecule has 7 nitrogen and oxygen atoms in total. The van der Waals surface area contributed by atoms with Gasteiger partial charge in [0.2, 0.25) is 0 Å². The number of amides is 1. The Kier molecular flexibility index (Phi) is 6.41. The number of rotatable bonds is 7. The van der Waals surface area contributed by atoms with Crippen molar-refractivity contribution < 1.29 is 19.1 Å². The topological polar surface area (TPSA) is 93.3 Å². The first-order valence-electron chi connectivity index (χ1n) is 8.84. The Balaban J connectivity index is 1.49. The van der Waals surface area contributed by atoms with Crippen molar-refractivity contribution in [2.45, 2.75) is 13.0 Å². The predicted octanol–water partition coefficient (Wildman–Crippen LogP) is 3.68. The number of alkyl carbamates (subject to hydrolysis) is 1. The molecule has 0 fully saturated rings. The van der Waals surface area contributed by atoms with Gasteiger partial charge in [0.1, 0.15) is 6.61 Å². The highest BCUT2D eigenvalue weighted by Gasteiger charge is 2.12. The molecule has 144 valence electrons. The minimum absolute atomic E-state index is 0.239. The molecule has 3 rings (SSSR count). The number of hydrogen-bond donors (Lipinski definition) is 2. The summed E-state index contributed by atoms with van der Waals surface area (Å²) in [5.41, 5.74) is 2.98. The summed E-state index contributed by atoms with van der Waals surface area (Å²) in [5, 5.41) is 10.2. The summed E-state index contributed by atoms with van der Waals surface area (Å²) in [7, 11) is 1.35. The zero-order valence-corrected chi connectivity index (χ0v) is 15.5. The molecule has 0 spiro atoms. The molecule has 1 amide bonds. The van der Waals surface area contributed by atoms with Crippen molar-refractivity contribution in [3.63, 3.8) is 0 Å². The van der Waals surface area contributed by atoms with E-state index in [1.54, 1.807) is 12.3 Å². The number of aromatic nitrogens is 2. The average molecular weight is 379 g/mol. The summed E-state index contributed by atoms with van der Waals surface area (Å²) >= 11 is 0. The lowest BCUT2D eigenvalue weighted by atomic mass is 10.1. The second-order valence-corrected chi connectivity index (χ2v) is 6.07. The van der Waals surface area contributed by atoms with Gasteiger partial charge in [-0.25, -0.2) is 9.59 Å². The standard InChI is InChI=1S/C21H21N3O4/c1-27-20(25)17-11-16(12-19-18(17)13-23-24-19)9-5-6-10-22-21(26)28-14-15-7-3-2-4-8-15/h2-5,7-9,11-13H,6,10,14H2,1H3,(H,22,26)(H,23,24). The van der Waals surface area contributed by atoms with E-state index in [2.05, 4.69) is 15.5 Å². The van der Waals surface area contributed by atoms with Crippen molar-refractivity contribution in [1.29, 1.82) is 0 Å². The summed E-state index contributed by atoms with van der Waals surface area (Å²) in [4.78, 5) is 23.6. The van der Waals surface area contributed by atoms with Crippen LogP contribution in [0.25, 0.3) is 17.0 Å². The predicted molar refractivity (Wildman–Crippen MR) is 106 cm³/mol. The number of ether oxygens (including phenoxy) is 2. The van der Waals surface area contributed by atoms with Crippen LogP contribution in [-0.2, 0) is 16.1 Å². The maximum Gasteiger partial charge on any atom is 0.407 e. The largest absolute Gasteiger partial charge is 0.465 e. The van der Waals surface area contributed by atoms with Gasteiger partial charge in [0.15, 0.2) is 0 Å². The van der Waals surface area contributed by atoms with E-state index >= 15 is 0 Å². The highest BCUT2D eigenvalue weighted by molar-refractivity contribution is 6.04. The molecule has 0 unspecified atom stereocenters. The minimum atomic E-state index is -0.455. The highest BCUT2D eigenvalue weighted by atomic mass is 16.5. The Bertz CT molecular complexity index is 980. The van der Waals surface area contributed by atoms with Crippen molar-refractivity contribution in [1.82, 2.24) is 15.5 Å². The molecule has 0 radical (unpaired) electrons. The van der Waals surface area contributed by atoms with Crippen LogP contribution in [-0.4, -0.2) is 35.9 Å². The van der Waals surface area contributed by atoms with Gasteiger partial charge >= 0.3 is 12.1 Å². The molecule has 2 aromatic carbocycles. The number of carbonyl (C=O) groups is 2. The number of methoxy groups -OCH3 is 1. The summed E-state index contributed by atoms with van der Waals surface area (Å²) in [6.07, 6.45) is 5.55. The van der Waals surface area contributed by atoms with Crippen LogP contribution < -0.4 is 5.32 Å². The van der Waals surface area contributed by atoms with Crippen molar-refractivity contribution in [2.24, 2.45) is 0 Å². The van der Waals surface area contributed by atoms with Gasteiger partial charge in [-0.15, -0.1) is 0 Å². The van der Waals surface area contributed by atoms with Crippen molar-refractivity contribution in [3.8, 4) is 0 Å². The first kappa shape index (κ1) is 19.2. The van der Waals surface area contributed by atoms with Gasteiger partial charge < -0.3 is 14.8 Å². The Labute approximate surface area is 162 Å². The van der Waals surface area contributed by atoms with E-state index in [-0.39, 0.29) is 6.61 Å². The van der Waals surface area contributed by atoms with Gasteiger partial charge in [0.25, 0.3) is 0 Å². The number of esters is 1. The molecule has 0 bridgehead atoms. The fourth-order valence-electron chi connectivity index (χ4n) is 2.70. The van der Waals surface area contributed by atoms with Crippen molar-refractivity contribution >= 4 is 29.0 Å². The van der Waals surface area contributed by atoms with Crippen LogP contribution in [0.4, 0.5) is 4.79 Å². The molecule has 0 atom stereocenters. The van der Waals surface area contributed by atoms with E-state index < -0.39 is 12.1 Å². The number of fused-ring (bicyclic) bond motifs is 1. The first-order chi connectivity index (χ1) is 13.7. The third-order valence-corrected chi connectivity index (χ3v) is 4.09. The van der Waals surface area contributed by atoms with Crippen LogP contribution in [0.2, 0.25) is 0 Å². The number of benzene rings is 2. The molecule has 2 N–H and O–H groups in total. The van der Waals surface area contributed by atoms with Crippen LogP contribution in [0.1, 0.15) is 27.9 Å². The lowest BCUT2D eigenvalue weighted by Crippen LogP contribution is -2.24. The van der Waals surface area contributed by atoms with Gasteiger partial charge in [0, 0.05) is 11.9 Å². The van der Waals surface area contributed by atoms with Crippen LogP contribution >= 0.6 is 0 Å². The van der Waals surface area contributed by atoms with Crippen LogP contribution in [0.3, 0.4) is 0 Å². The molecule has 0 aliphatic rings. The zero-order valence-electron chi connectivity index (χ0n) is 15.5. The lowest BCUT2D eigenvalue weighted by Gasteiger charge is -2.06. The number of nitrogens with one attached hydrogen (secondary N) is 2. The second-order valence-electron chi connectivity index (χ2n) is 6.07. The van der Waals surface area contributed by atoms with Gasteiger partial charge in [-0.3, -0.25) is 5.10 Å². The third-order valence-electron chi connectivity index (χ3n) is 4.09. The molecule has 1 aromatic heterocycles. The van der Waals surface area contributed by atoms with Crippen LogP contribution in [0.15, 0.2) is 54.7 Å². The molecule has 1 heterocycles. The monoisotopic (exact) mass is 379 g/mol. The zero-order chi connectivity index (χ0) is 19.8. The Morgan fingerprint density at radius 2 is 2.04 bits per heavy atom. The van der Waals surface area contributed by atoms with Gasteiger partial charge in [-0.2, -0.15) is 5.10 Å². The molecule has 0 saturated heterocycles. The van der Waals surface area contributed by atoms with Gasteiger partial charge in [-0.05, 0) is 29.7 Å². The first-order valence-corrected chi connectivity index (χ1v) is 8.84. The Morgan fingerprint density at radius 3 is 2.82 bits per heavy atom. The van der Waals surface area contributed by atoms with Crippen LogP contribution in [0, 0.1) is 0 Å². The summed E-state index contributed by atoms with van der Waals surface area (Å²) < 4.78 is 9.98. The number of hydrogen-bond acceptors (Lipinski definition) is 5. The summed E-state index contributed by atoms with van der Waals surface area (Å²) in [6, 6.07) is 13.1. The van der Waals surface area contributed by atoms with Gasteiger partial charge in [-0.1, -0.05) is 42.5 Å². The van der Waals surface area contributed by atoms with Crippen molar-refractivity contribution in [3.05, 3.63) is 71.4 Å². The quantitative estimate of drug-likeness (QED) is 0.482. The normalized spacial score (nSPS) is 10.9. The highest BCUT2D eigenvalue weighted by Crippen LogP contribution is 2.21. The fourth-order valence-corrected chi connectivity index (χ4v) is 2.70. The molecule has 3 aromatic rings. The Hall–Kier alpha value is -3.61. The number of carbonyl (C=O) groups excluding carboxylic acids is 2. The number of H-pyrrole nitrogens is 1. The fraction of sp³-hybridized carbons (Fsp3) is 0.190. The second kappa shape index (κ2) is 9.36. The molecular formula is C21H21N3O4. The third kappa shape index (κ3) is 4.97. The average Bonchev–Trinajstić information content (AvgIpc) is 3.20. The molecule has 0 aliphatic carbocycles. The Morgan fingerprint density at radius 1 is 1.21 bits per heavy atom. The summed E-state index contributed by atoms with van der Waals surface area (Å²) in [5.74, 6) is -0.413. The van der Waals surface area contributed by atoms with Crippen molar-refractivity contribution in [2.75, 3.05) is 13.7 Å². The maximum atomic E-state index is 11.9. The molecular weight excluding hydrogens is 358 g/mol. The maximum absolute atomic E-state index is 11.9. The van der Waals surface area contributed by atoms with E-state index in [1.807, 2.05) is 48.6 Å². The van der Waals surface area contributed by atoms with E-state index in [0.29, 0.717) is 23.9 Å². The van der Waals surface area contributed by atoms with Gasteiger partial charge in [0.05, 0.1) is 24.4 Å². The van der Waals surface area contributed by atoms with E-state index in [1.165, 1.54) is 7.11 Å². The van der Waals surface area contributed by atoms with E-state index in [9.17, 15) is 9.59 Å². The number of nitrogens with zero attached hydrogens (tertiary/aromatic N) is 1. The van der Waals surface area contributed by atoms with Crippen LogP contribution in [0.5, 0.6) is 0 Å². The molecule has 7 heteroatoms.